The van der Waals surface area contributed by atoms with E-state index < -0.39 is 5.97 Å². The molecule has 2 aliphatic rings. The van der Waals surface area contributed by atoms with Crippen molar-refractivity contribution in [1.29, 1.82) is 0 Å². The summed E-state index contributed by atoms with van der Waals surface area (Å²) in [6.45, 7) is 0. The molecule has 3 heteroatoms. The fourth-order valence-electron chi connectivity index (χ4n) is 4.68. The van der Waals surface area contributed by atoms with Gasteiger partial charge in [-0.05, 0) is 67.9 Å². The van der Waals surface area contributed by atoms with Crippen LogP contribution in [0.5, 0.6) is 0 Å². The van der Waals surface area contributed by atoms with Gasteiger partial charge in [-0.25, -0.2) is 0 Å². The maximum atomic E-state index is 11.9. The van der Waals surface area contributed by atoms with Gasteiger partial charge in [-0.15, -0.1) is 0 Å². The Hall–Kier alpha value is -1.64. The molecule has 130 valence electrons. The van der Waals surface area contributed by atoms with Crippen molar-refractivity contribution in [3.05, 3.63) is 35.4 Å². The third-order valence-electron chi connectivity index (χ3n) is 5.99. The molecule has 0 heterocycles. The number of aliphatic carboxylic acids is 1. The molecule has 1 N–H and O–H groups in total. The number of hydrogen-bond donors (Lipinski definition) is 1. The van der Waals surface area contributed by atoms with Gasteiger partial charge >= 0.3 is 5.97 Å². The van der Waals surface area contributed by atoms with Crippen molar-refractivity contribution in [3.8, 4) is 0 Å². The van der Waals surface area contributed by atoms with E-state index >= 15 is 0 Å². The molecule has 0 spiro atoms. The summed E-state index contributed by atoms with van der Waals surface area (Å²) in [4.78, 5) is 22.6. The van der Waals surface area contributed by atoms with Gasteiger partial charge in [-0.3, -0.25) is 9.59 Å². The average Bonchev–Trinajstić information content (AvgIpc) is 3.24. The Morgan fingerprint density at radius 1 is 1.04 bits per heavy atom. The van der Waals surface area contributed by atoms with Gasteiger partial charge in [-0.1, -0.05) is 37.1 Å². The zero-order valence-electron chi connectivity index (χ0n) is 14.4. The first-order valence-corrected chi connectivity index (χ1v) is 9.45. The number of benzene rings is 1. The van der Waals surface area contributed by atoms with E-state index in [1.165, 1.54) is 31.2 Å². The Morgan fingerprint density at radius 2 is 1.79 bits per heavy atom. The maximum absolute atomic E-state index is 11.9. The van der Waals surface area contributed by atoms with Gasteiger partial charge in [0.25, 0.3) is 0 Å². The predicted octanol–water partition coefficient (Wildman–Crippen LogP) is 4.74. The fourth-order valence-corrected chi connectivity index (χ4v) is 4.68. The summed E-state index contributed by atoms with van der Waals surface area (Å²) in [6, 6.07) is 8.88. The second kappa shape index (κ2) is 7.96. The zero-order chi connectivity index (χ0) is 16.9. The largest absolute Gasteiger partial charge is 0.481 e. The average molecular weight is 328 g/mol. The van der Waals surface area contributed by atoms with Crippen LogP contribution in [0.1, 0.15) is 74.8 Å². The number of ketones is 1. The number of Topliss-reactive ketones (excluding diaryl/α,β-unsaturated/α-hetero) is 1. The van der Waals surface area contributed by atoms with E-state index in [1.807, 2.05) is 0 Å². The van der Waals surface area contributed by atoms with Gasteiger partial charge in [0.15, 0.2) is 0 Å². The minimum absolute atomic E-state index is 0.0174. The van der Waals surface area contributed by atoms with Crippen LogP contribution in [0, 0.1) is 11.8 Å². The molecule has 3 nitrogen and oxygen atoms in total. The molecule has 0 amide bonds. The SMILES string of the molecule is O=C(O)CC(=O)C1CCC(CCc2ccccc2C2CCCC2)C1. The van der Waals surface area contributed by atoms with E-state index in [-0.39, 0.29) is 18.1 Å². The standard InChI is InChI=1S/C21H28O3/c22-20(14-21(23)24)18-12-10-15(13-18)9-11-17-7-3-4-8-19(17)16-5-1-2-6-16/h3-4,7-8,15-16,18H,1-2,5-6,9-14H2,(H,23,24). The van der Waals surface area contributed by atoms with Crippen LogP contribution in [-0.2, 0) is 16.0 Å². The molecule has 0 radical (unpaired) electrons. The normalized spacial score (nSPS) is 24.3. The quantitative estimate of drug-likeness (QED) is 0.736. The Balaban J connectivity index is 1.53. The van der Waals surface area contributed by atoms with E-state index in [9.17, 15) is 9.59 Å². The first-order valence-electron chi connectivity index (χ1n) is 9.45. The van der Waals surface area contributed by atoms with Crippen molar-refractivity contribution in [1.82, 2.24) is 0 Å². The molecule has 24 heavy (non-hydrogen) atoms. The number of carbonyl (C=O) groups is 2. The molecule has 2 fully saturated rings. The molecule has 0 saturated heterocycles. The topological polar surface area (TPSA) is 54.4 Å². The van der Waals surface area contributed by atoms with Gasteiger partial charge < -0.3 is 5.11 Å². The van der Waals surface area contributed by atoms with Crippen LogP contribution in [0.15, 0.2) is 24.3 Å². The van der Waals surface area contributed by atoms with Crippen LogP contribution >= 0.6 is 0 Å². The van der Waals surface area contributed by atoms with Crippen LogP contribution < -0.4 is 0 Å². The number of carboxylic acids is 1. The third-order valence-corrected chi connectivity index (χ3v) is 5.99. The Kier molecular flexibility index (Phi) is 5.70. The minimum atomic E-state index is -0.992. The highest BCUT2D eigenvalue weighted by Gasteiger charge is 2.30. The monoisotopic (exact) mass is 328 g/mol. The molecule has 2 saturated carbocycles. The van der Waals surface area contributed by atoms with E-state index in [1.54, 1.807) is 5.56 Å². The van der Waals surface area contributed by atoms with E-state index in [4.69, 9.17) is 5.11 Å². The third kappa shape index (κ3) is 4.25. The molecule has 1 aromatic rings. The van der Waals surface area contributed by atoms with Crippen LogP contribution in [0.4, 0.5) is 0 Å². The van der Waals surface area contributed by atoms with Gasteiger partial charge in [0.1, 0.15) is 12.2 Å². The fraction of sp³-hybridized carbons (Fsp3) is 0.619. The molecule has 2 unspecified atom stereocenters. The Labute approximate surface area is 144 Å². The van der Waals surface area contributed by atoms with Crippen molar-refractivity contribution in [2.75, 3.05) is 0 Å². The van der Waals surface area contributed by atoms with E-state index in [0.29, 0.717) is 5.92 Å². The first kappa shape index (κ1) is 17.2. The van der Waals surface area contributed by atoms with Crippen molar-refractivity contribution in [2.45, 2.75) is 70.1 Å². The lowest BCUT2D eigenvalue weighted by molar-refractivity contribution is -0.141. The minimum Gasteiger partial charge on any atom is -0.481 e. The van der Waals surface area contributed by atoms with Crippen LogP contribution in [0.25, 0.3) is 0 Å². The van der Waals surface area contributed by atoms with E-state index in [0.717, 1.165) is 38.0 Å². The molecule has 2 aliphatic carbocycles. The van der Waals surface area contributed by atoms with Crippen molar-refractivity contribution < 1.29 is 14.7 Å². The van der Waals surface area contributed by atoms with E-state index in [2.05, 4.69) is 24.3 Å². The summed E-state index contributed by atoms with van der Waals surface area (Å²) in [5, 5.41) is 8.78. The van der Waals surface area contributed by atoms with Crippen molar-refractivity contribution in [3.63, 3.8) is 0 Å². The van der Waals surface area contributed by atoms with Gasteiger partial charge in [-0.2, -0.15) is 0 Å². The molecule has 0 aromatic heterocycles. The highest BCUT2D eigenvalue weighted by atomic mass is 16.4. The van der Waals surface area contributed by atoms with Crippen LogP contribution in [0.2, 0.25) is 0 Å². The number of aryl methyl sites for hydroxylation is 1. The number of rotatable bonds is 7. The highest BCUT2D eigenvalue weighted by Crippen LogP contribution is 2.38. The molecule has 1 aromatic carbocycles. The molecule has 0 aliphatic heterocycles. The summed E-state index contributed by atoms with van der Waals surface area (Å²) in [5.41, 5.74) is 3.04. The Bertz CT molecular complexity index is 587. The lowest BCUT2D eigenvalue weighted by Gasteiger charge is -2.17. The summed E-state index contributed by atoms with van der Waals surface area (Å²) in [6.07, 6.45) is 10.1. The first-order chi connectivity index (χ1) is 11.6. The maximum Gasteiger partial charge on any atom is 0.310 e. The molecule has 2 atom stereocenters. The summed E-state index contributed by atoms with van der Waals surface area (Å²) < 4.78 is 0. The Morgan fingerprint density at radius 3 is 2.54 bits per heavy atom. The molecule has 3 rings (SSSR count). The lowest BCUT2D eigenvalue weighted by atomic mass is 9.88. The molecular formula is C21H28O3. The van der Waals surface area contributed by atoms with Crippen molar-refractivity contribution in [2.24, 2.45) is 11.8 Å². The predicted molar refractivity (Wildman–Crippen MR) is 94.1 cm³/mol. The lowest BCUT2D eigenvalue weighted by Crippen LogP contribution is -2.15. The van der Waals surface area contributed by atoms with Crippen LogP contribution in [0.3, 0.4) is 0 Å². The second-order valence-electron chi connectivity index (χ2n) is 7.63. The number of carboxylic acid groups (broad SMARTS) is 1. The smallest absolute Gasteiger partial charge is 0.310 e. The molecule has 0 bridgehead atoms. The van der Waals surface area contributed by atoms with Gasteiger partial charge in [0.2, 0.25) is 0 Å². The van der Waals surface area contributed by atoms with Gasteiger partial charge in [0.05, 0.1) is 0 Å². The number of hydrogen-bond acceptors (Lipinski definition) is 2. The van der Waals surface area contributed by atoms with Crippen LogP contribution in [-0.4, -0.2) is 16.9 Å². The summed E-state index contributed by atoms with van der Waals surface area (Å²) in [7, 11) is 0. The number of carbonyl (C=O) groups excluding carboxylic acids is 1. The summed E-state index contributed by atoms with van der Waals surface area (Å²) >= 11 is 0. The second-order valence-corrected chi connectivity index (χ2v) is 7.63. The van der Waals surface area contributed by atoms with Crippen molar-refractivity contribution >= 4 is 11.8 Å². The summed E-state index contributed by atoms with van der Waals surface area (Å²) in [5.74, 6) is 0.237. The van der Waals surface area contributed by atoms with Gasteiger partial charge in [0, 0.05) is 5.92 Å². The highest BCUT2D eigenvalue weighted by molar-refractivity contribution is 5.96. The molecular weight excluding hydrogens is 300 g/mol. The zero-order valence-corrected chi connectivity index (χ0v) is 14.4.